The summed E-state index contributed by atoms with van der Waals surface area (Å²) in [5, 5.41) is 2.06. The Kier molecular flexibility index (Phi) is 3.18. The number of benzene rings is 1. The first-order chi connectivity index (χ1) is 8.74. The lowest BCUT2D eigenvalue weighted by atomic mass is 9.86. The molecule has 0 spiro atoms. The summed E-state index contributed by atoms with van der Waals surface area (Å²) in [6.45, 7) is 0. The van der Waals surface area contributed by atoms with Crippen molar-refractivity contribution < 1.29 is 4.79 Å². The van der Waals surface area contributed by atoms with E-state index in [1.54, 1.807) is 11.3 Å². The first-order valence-corrected chi connectivity index (χ1v) is 7.48. The SMILES string of the molecule is O=C1/C(=C/c2csc(Br)c2)CCc2ccccc21. The van der Waals surface area contributed by atoms with E-state index in [0.29, 0.717) is 0 Å². The Bertz CT molecular complexity index is 639. The summed E-state index contributed by atoms with van der Waals surface area (Å²) in [5.74, 6) is 0.180. The van der Waals surface area contributed by atoms with Crippen LogP contribution < -0.4 is 0 Å². The van der Waals surface area contributed by atoms with Crippen LogP contribution in [0.25, 0.3) is 6.08 Å². The first-order valence-electron chi connectivity index (χ1n) is 5.81. The third-order valence-corrected chi connectivity index (χ3v) is 4.67. The van der Waals surface area contributed by atoms with Gasteiger partial charge in [0.2, 0.25) is 0 Å². The van der Waals surface area contributed by atoms with E-state index < -0.39 is 0 Å². The summed E-state index contributed by atoms with van der Waals surface area (Å²) >= 11 is 5.08. The number of Topliss-reactive ketones (excluding diaryl/α,β-unsaturated/α-hetero) is 1. The van der Waals surface area contributed by atoms with Crippen LogP contribution in [0.15, 0.2) is 45.1 Å². The molecule has 0 saturated carbocycles. The number of halogens is 1. The van der Waals surface area contributed by atoms with Crippen molar-refractivity contribution in [1.82, 2.24) is 0 Å². The van der Waals surface area contributed by atoms with Crippen molar-refractivity contribution in [1.29, 1.82) is 0 Å². The number of carbonyl (C=O) groups excluding carboxylic acids is 1. The summed E-state index contributed by atoms with van der Waals surface area (Å²) in [4.78, 5) is 12.4. The van der Waals surface area contributed by atoms with Crippen molar-refractivity contribution in [2.75, 3.05) is 0 Å². The van der Waals surface area contributed by atoms with Gasteiger partial charge in [-0.3, -0.25) is 4.79 Å². The maximum absolute atomic E-state index is 12.4. The van der Waals surface area contributed by atoms with E-state index in [1.165, 1.54) is 5.56 Å². The van der Waals surface area contributed by atoms with Gasteiger partial charge in [-0.25, -0.2) is 0 Å². The highest BCUT2D eigenvalue weighted by Crippen LogP contribution is 2.28. The molecule has 0 amide bonds. The van der Waals surface area contributed by atoms with E-state index in [-0.39, 0.29) is 5.78 Å². The van der Waals surface area contributed by atoms with Crippen LogP contribution in [-0.2, 0) is 6.42 Å². The van der Waals surface area contributed by atoms with E-state index in [1.807, 2.05) is 36.4 Å². The van der Waals surface area contributed by atoms with Gasteiger partial charge >= 0.3 is 0 Å². The van der Waals surface area contributed by atoms with Gasteiger partial charge in [-0.2, -0.15) is 0 Å². The minimum atomic E-state index is 0.180. The molecule has 2 aromatic rings. The quantitative estimate of drug-likeness (QED) is 0.695. The minimum absolute atomic E-state index is 0.180. The molecule has 1 aliphatic carbocycles. The number of rotatable bonds is 1. The Morgan fingerprint density at radius 3 is 2.83 bits per heavy atom. The fourth-order valence-corrected chi connectivity index (χ4v) is 3.39. The predicted octanol–water partition coefficient (Wildman–Crippen LogP) is 4.72. The number of thiophene rings is 1. The summed E-state index contributed by atoms with van der Waals surface area (Å²) in [7, 11) is 0. The van der Waals surface area contributed by atoms with Crippen LogP contribution in [0.1, 0.15) is 27.9 Å². The van der Waals surface area contributed by atoms with Crippen molar-refractivity contribution in [2.45, 2.75) is 12.8 Å². The fourth-order valence-electron chi connectivity index (χ4n) is 2.25. The third-order valence-electron chi connectivity index (χ3n) is 3.15. The predicted molar refractivity (Wildman–Crippen MR) is 79.1 cm³/mol. The maximum Gasteiger partial charge on any atom is 0.189 e. The third kappa shape index (κ3) is 2.20. The highest BCUT2D eigenvalue weighted by atomic mass is 79.9. The van der Waals surface area contributed by atoms with E-state index >= 15 is 0 Å². The van der Waals surface area contributed by atoms with E-state index in [2.05, 4.69) is 21.3 Å². The molecule has 1 heterocycles. The molecule has 0 bridgehead atoms. The van der Waals surface area contributed by atoms with Crippen molar-refractivity contribution >= 4 is 39.1 Å². The monoisotopic (exact) mass is 318 g/mol. The molecular weight excluding hydrogens is 308 g/mol. The standard InChI is InChI=1S/C15H11BrOS/c16-14-8-10(9-18-14)7-12-6-5-11-3-1-2-4-13(11)15(12)17/h1-4,7-9H,5-6H2/b12-7+. The molecule has 0 fully saturated rings. The topological polar surface area (TPSA) is 17.1 Å². The Hall–Kier alpha value is -1.19. The Balaban J connectivity index is 1.98. The van der Waals surface area contributed by atoms with E-state index in [9.17, 15) is 4.79 Å². The molecule has 0 saturated heterocycles. The van der Waals surface area contributed by atoms with E-state index in [0.717, 1.165) is 33.3 Å². The molecule has 3 heteroatoms. The maximum atomic E-state index is 12.4. The molecule has 18 heavy (non-hydrogen) atoms. The lowest BCUT2D eigenvalue weighted by molar-refractivity contribution is 0.102. The Morgan fingerprint density at radius 1 is 1.22 bits per heavy atom. The van der Waals surface area contributed by atoms with E-state index in [4.69, 9.17) is 0 Å². The number of allylic oxidation sites excluding steroid dienone is 1. The molecule has 0 radical (unpaired) electrons. The van der Waals surface area contributed by atoms with Gasteiger partial charge < -0.3 is 0 Å². The van der Waals surface area contributed by atoms with Gasteiger partial charge in [-0.05, 0) is 57.4 Å². The molecule has 3 rings (SSSR count). The van der Waals surface area contributed by atoms with Crippen LogP contribution in [-0.4, -0.2) is 5.78 Å². The largest absolute Gasteiger partial charge is 0.289 e. The van der Waals surface area contributed by atoms with Crippen LogP contribution in [0.3, 0.4) is 0 Å². The summed E-state index contributed by atoms with van der Waals surface area (Å²) in [5.41, 5.74) is 4.06. The lowest BCUT2D eigenvalue weighted by Crippen LogP contribution is -2.13. The molecule has 0 unspecified atom stereocenters. The second-order valence-corrected chi connectivity index (χ2v) is 6.63. The molecule has 1 aromatic carbocycles. The molecule has 0 N–H and O–H groups in total. The molecule has 90 valence electrons. The van der Waals surface area contributed by atoms with Gasteiger partial charge in [0, 0.05) is 11.1 Å². The molecule has 1 nitrogen and oxygen atoms in total. The van der Waals surface area contributed by atoms with Crippen LogP contribution >= 0.6 is 27.3 Å². The van der Waals surface area contributed by atoms with Crippen LogP contribution in [0, 0.1) is 0 Å². The smallest absolute Gasteiger partial charge is 0.189 e. The molecule has 1 aliphatic rings. The van der Waals surface area contributed by atoms with Crippen LogP contribution in [0.2, 0.25) is 0 Å². The first kappa shape index (κ1) is 11.9. The number of fused-ring (bicyclic) bond motifs is 1. The lowest BCUT2D eigenvalue weighted by Gasteiger charge is -2.16. The van der Waals surface area contributed by atoms with Crippen molar-refractivity contribution in [3.63, 3.8) is 0 Å². The second-order valence-electron chi connectivity index (χ2n) is 4.34. The van der Waals surface area contributed by atoms with Gasteiger partial charge in [-0.1, -0.05) is 24.3 Å². The zero-order valence-corrected chi connectivity index (χ0v) is 12.1. The number of hydrogen-bond donors (Lipinski definition) is 0. The van der Waals surface area contributed by atoms with Gasteiger partial charge in [0.05, 0.1) is 3.79 Å². The van der Waals surface area contributed by atoms with Crippen molar-refractivity contribution in [2.24, 2.45) is 0 Å². The second kappa shape index (κ2) is 4.82. The van der Waals surface area contributed by atoms with Crippen LogP contribution in [0.5, 0.6) is 0 Å². The molecule has 0 atom stereocenters. The Labute approximate surface area is 118 Å². The van der Waals surface area contributed by atoms with Crippen LogP contribution in [0.4, 0.5) is 0 Å². The number of ketones is 1. The Morgan fingerprint density at radius 2 is 2.06 bits per heavy atom. The van der Waals surface area contributed by atoms with Crippen molar-refractivity contribution in [3.05, 3.63) is 61.8 Å². The summed E-state index contributed by atoms with van der Waals surface area (Å²) in [6.07, 6.45) is 3.81. The van der Waals surface area contributed by atoms with Gasteiger partial charge in [0.15, 0.2) is 5.78 Å². The van der Waals surface area contributed by atoms with Gasteiger partial charge in [0.25, 0.3) is 0 Å². The summed E-state index contributed by atoms with van der Waals surface area (Å²) < 4.78 is 1.10. The molecule has 0 aliphatic heterocycles. The highest BCUT2D eigenvalue weighted by Gasteiger charge is 2.21. The molecule has 1 aromatic heterocycles. The number of carbonyl (C=O) groups is 1. The van der Waals surface area contributed by atoms with Gasteiger partial charge in [-0.15, -0.1) is 11.3 Å². The average Bonchev–Trinajstić information content (AvgIpc) is 2.79. The van der Waals surface area contributed by atoms with Gasteiger partial charge in [0.1, 0.15) is 0 Å². The average molecular weight is 319 g/mol. The fraction of sp³-hybridized carbons (Fsp3) is 0.133. The number of aryl methyl sites for hydroxylation is 1. The zero-order chi connectivity index (χ0) is 12.5. The molecular formula is C15H11BrOS. The normalized spacial score (nSPS) is 16.9. The zero-order valence-electron chi connectivity index (χ0n) is 9.65. The number of hydrogen-bond acceptors (Lipinski definition) is 2. The van der Waals surface area contributed by atoms with Crippen molar-refractivity contribution in [3.8, 4) is 0 Å². The minimum Gasteiger partial charge on any atom is -0.289 e. The highest BCUT2D eigenvalue weighted by molar-refractivity contribution is 9.11. The summed E-state index contributed by atoms with van der Waals surface area (Å²) in [6, 6.07) is 9.95.